The third-order valence-corrected chi connectivity index (χ3v) is 5.06. The zero-order valence-corrected chi connectivity index (χ0v) is 14.6. The van der Waals surface area contributed by atoms with E-state index in [9.17, 15) is 0 Å². The van der Waals surface area contributed by atoms with E-state index in [1.165, 1.54) is 35.8 Å². The number of nitrogens with zero attached hydrogens (tertiary/aromatic N) is 2. The first-order valence-electron chi connectivity index (χ1n) is 8.09. The van der Waals surface area contributed by atoms with Crippen LogP contribution in [0, 0.1) is 16.7 Å². The highest BCUT2D eigenvalue weighted by molar-refractivity contribution is 7.99. The highest BCUT2D eigenvalue weighted by atomic mass is 32.2. The van der Waals surface area contributed by atoms with Crippen LogP contribution >= 0.6 is 11.8 Å². The van der Waals surface area contributed by atoms with Gasteiger partial charge in [-0.1, -0.05) is 26.0 Å². The van der Waals surface area contributed by atoms with Crippen LogP contribution in [0.3, 0.4) is 0 Å². The van der Waals surface area contributed by atoms with E-state index in [1.54, 1.807) is 0 Å². The van der Waals surface area contributed by atoms with Gasteiger partial charge in [-0.15, -0.1) is 0 Å². The fourth-order valence-electron chi connectivity index (χ4n) is 2.62. The van der Waals surface area contributed by atoms with Crippen molar-refractivity contribution in [3.05, 3.63) is 29.8 Å². The van der Waals surface area contributed by atoms with Crippen LogP contribution in [0.25, 0.3) is 0 Å². The first-order valence-corrected chi connectivity index (χ1v) is 9.24. The van der Waals surface area contributed by atoms with E-state index in [-0.39, 0.29) is 5.41 Å². The normalized spacial score (nSPS) is 16.2. The van der Waals surface area contributed by atoms with Gasteiger partial charge in [-0.25, -0.2) is 0 Å². The van der Waals surface area contributed by atoms with E-state index in [2.05, 4.69) is 66.2 Å². The van der Waals surface area contributed by atoms with Gasteiger partial charge >= 0.3 is 0 Å². The summed E-state index contributed by atoms with van der Waals surface area (Å²) in [5, 5.41) is 12.3. The SMILES string of the molecule is CC(C)(CCC#N)CNc1cccc(CN2CCSCC2)c1. The van der Waals surface area contributed by atoms with Crippen molar-refractivity contribution < 1.29 is 0 Å². The van der Waals surface area contributed by atoms with Crippen molar-refractivity contribution in [2.24, 2.45) is 5.41 Å². The Morgan fingerprint density at radius 2 is 2.09 bits per heavy atom. The number of hydrogen-bond acceptors (Lipinski definition) is 4. The number of rotatable bonds is 7. The van der Waals surface area contributed by atoms with E-state index in [4.69, 9.17) is 5.26 Å². The summed E-state index contributed by atoms with van der Waals surface area (Å²) < 4.78 is 0. The first kappa shape index (κ1) is 17.2. The molecule has 1 aromatic rings. The number of thioether (sulfide) groups is 1. The predicted octanol–water partition coefficient (Wildman–Crippen LogP) is 3.98. The van der Waals surface area contributed by atoms with Crippen LogP contribution in [-0.4, -0.2) is 36.0 Å². The Kier molecular flexibility index (Phi) is 6.60. The number of nitriles is 1. The molecule has 0 bridgehead atoms. The second-order valence-corrected chi connectivity index (χ2v) is 7.99. The van der Waals surface area contributed by atoms with Crippen molar-refractivity contribution in [2.45, 2.75) is 33.2 Å². The Morgan fingerprint density at radius 3 is 2.82 bits per heavy atom. The average Bonchev–Trinajstić information content (AvgIpc) is 2.53. The molecule has 0 aromatic heterocycles. The molecule has 2 rings (SSSR count). The van der Waals surface area contributed by atoms with Gasteiger partial charge in [-0.05, 0) is 29.5 Å². The lowest BCUT2D eigenvalue weighted by Crippen LogP contribution is -2.32. The molecule has 4 heteroatoms. The standard InChI is InChI=1S/C18H27N3S/c1-18(2,7-4-8-19)15-20-17-6-3-5-16(13-17)14-21-9-11-22-12-10-21/h3,5-6,13,20H,4,7,9-12,14-15H2,1-2H3. The van der Waals surface area contributed by atoms with Gasteiger partial charge in [0.25, 0.3) is 0 Å². The Hall–Kier alpha value is -1.18. The van der Waals surface area contributed by atoms with Crippen molar-refractivity contribution in [2.75, 3.05) is 36.5 Å². The molecule has 0 aliphatic carbocycles. The zero-order valence-electron chi connectivity index (χ0n) is 13.8. The molecule has 1 saturated heterocycles. The van der Waals surface area contributed by atoms with Crippen LogP contribution < -0.4 is 5.32 Å². The quantitative estimate of drug-likeness (QED) is 0.825. The number of nitrogens with one attached hydrogen (secondary N) is 1. The Balaban J connectivity index is 1.86. The van der Waals surface area contributed by atoms with Gasteiger partial charge < -0.3 is 5.32 Å². The molecule has 0 amide bonds. The van der Waals surface area contributed by atoms with E-state index in [0.29, 0.717) is 6.42 Å². The van der Waals surface area contributed by atoms with Gasteiger partial charge in [0.2, 0.25) is 0 Å². The van der Waals surface area contributed by atoms with E-state index >= 15 is 0 Å². The van der Waals surface area contributed by atoms with E-state index < -0.39 is 0 Å². The smallest absolute Gasteiger partial charge is 0.0621 e. The Labute approximate surface area is 139 Å². The molecule has 120 valence electrons. The summed E-state index contributed by atoms with van der Waals surface area (Å²) in [4.78, 5) is 2.53. The minimum atomic E-state index is 0.149. The van der Waals surface area contributed by atoms with Crippen LogP contribution in [0.1, 0.15) is 32.3 Å². The molecular formula is C18H27N3S. The maximum atomic E-state index is 8.73. The molecular weight excluding hydrogens is 290 g/mol. The number of benzene rings is 1. The summed E-state index contributed by atoms with van der Waals surface area (Å²) in [6.45, 7) is 8.78. The molecule has 22 heavy (non-hydrogen) atoms. The van der Waals surface area contributed by atoms with Crippen molar-refractivity contribution in [1.29, 1.82) is 5.26 Å². The minimum Gasteiger partial charge on any atom is -0.385 e. The summed E-state index contributed by atoms with van der Waals surface area (Å²) >= 11 is 2.05. The van der Waals surface area contributed by atoms with Crippen LogP contribution in [0.4, 0.5) is 5.69 Å². The van der Waals surface area contributed by atoms with Gasteiger partial charge in [0.15, 0.2) is 0 Å². The number of anilines is 1. The van der Waals surface area contributed by atoms with Gasteiger partial charge in [-0.2, -0.15) is 17.0 Å². The molecule has 1 fully saturated rings. The second kappa shape index (κ2) is 8.45. The summed E-state index contributed by atoms with van der Waals surface area (Å²) in [5.41, 5.74) is 2.72. The zero-order chi connectivity index (χ0) is 15.8. The van der Waals surface area contributed by atoms with E-state index in [0.717, 1.165) is 19.5 Å². The summed E-state index contributed by atoms with van der Waals surface area (Å²) in [5.74, 6) is 2.51. The van der Waals surface area contributed by atoms with Gasteiger partial charge in [0, 0.05) is 49.8 Å². The van der Waals surface area contributed by atoms with Crippen LogP contribution in [0.2, 0.25) is 0 Å². The minimum absolute atomic E-state index is 0.149. The second-order valence-electron chi connectivity index (χ2n) is 6.76. The predicted molar refractivity (Wildman–Crippen MR) is 96.2 cm³/mol. The average molecular weight is 318 g/mol. The van der Waals surface area contributed by atoms with Crippen LogP contribution in [-0.2, 0) is 6.54 Å². The van der Waals surface area contributed by atoms with Crippen molar-refractivity contribution in [3.63, 3.8) is 0 Å². The molecule has 1 aromatic carbocycles. The molecule has 0 saturated carbocycles. The first-order chi connectivity index (χ1) is 10.6. The maximum Gasteiger partial charge on any atom is 0.0621 e. The van der Waals surface area contributed by atoms with Crippen LogP contribution in [0.15, 0.2) is 24.3 Å². The lowest BCUT2D eigenvalue weighted by atomic mass is 9.88. The topological polar surface area (TPSA) is 39.1 Å². The van der Waals surface area contributed by atoms with Gasteiger partial charge in [0.1, 0.15) is 0 Å². The Morgan fingerprint density at radius 1 is 1.32 bits per heavy atom. The van der Waals surface area contributed by atoms with Gasteiger partial charge in [0.05, 0.1) is 6.07 Å². The molecule has 0 spiro atoms. The van der Waals surface area contributed by atoms with Crippen molar-refractivity contribution in [1.82, 2.24) is 4.90 Å². The monoisotopic (exact) mass is 317 g/mol. The Bertz CT molecular complexity index is 501. The molecule has 0 atom stereocenters. The molecule has 1 aliphatic heterocycles. The highest BCUT2D eigenvalue weighted by Gasteiger charge is 2.17. The largest absolute Gasteiger partial charge is 0.385 e. The maximum absolute atomic E-state index is 8.73. The summed E-state index contributed by atoms with van der Waals surface area (Å²) in [7, 11) is 0. The summed E-state index contributed by atoms with van der Waals surface area (Å²) in [6.07, 6.45) is 1.56. The third-order valence-electron chi connectivity index (χ3n) is 4.12. The molecule has 1 aliphatic rings. The number of hydrogen-bond donors (Lipinski definition) is 1. The molecule has 3 nitrogen and oxygen atoms in total. The fourth-order valence-corrected chi connectivity index (χ4v) is 3.60. The molecule has 0 unspecified atom stereocenters. The highest BCUT2D eigenvalue weighted by Crippen LogP contribution is 2.23. The van der Waals surface area contributed by atoms with Crippen LogP contribution in [0.5, 0.6) is 0 Å². The fraction of sp³-hybridized carbons (Fsp3) is 0.611. The summed E-state index contributed by atoms with van der Waals surface area (Å²) in [6, 6.07) is 11.0. The molecule has 1 N–H and O–H groups in total. The lowest BCUT2D eigenvalue weighted by molar-refractivity contribution is 0.294. The molecule has 1 heterocycles. The van der Waals surface area contributed by atoms with Crippen molar-refractivity contribution in [3.8, 4) is 6.07 Å². The van der Waals surface area contributed by atoms with Crippen molar-refractivity contribution >= 4 is 17.4 Å². The molecule has 0 radical (unpaired) electrons. The van der Waals surface area contributed by atoms with E-state index in [1.807, 2.05) is 0 Å². The third kappa shape index (κ3) is 5.90. The van der Waals surface area contributed by atoms with Gasteiger partial charge in [-0.3, -0.25) is 4.90 Å². The lowest BCUT2D eigenvalue weighted by Gasteiger charge is -2.27.